The summed E-state index contributed by atoms with van der Waals surface area (Å²) in [4.78, 5) is 18.1. The van der Waals surface area contributed by atoms with E-state index in [9.17, 15) is 4.79 Å². The molecule has 2 aromatic rings. The molecular weight excluding hydrogens is 338 g/mol. The first-order valence-corrected chi connectivity index (χ1v) is 10.2. The minimum Gasteiger partial charge on any atom is -0.382 e. The second-order valence-electron chi connectivity index (χ2n) is 7.54. The van der Waals surface area contributed by atoms with Crippen LogP contribution in [0.5, 0.6) is 0 Å². The van der Waals surface area contributed by atoms with E-state index in [1.54, 1.807) is 0 Å². The highest BCUT2D eigenvalue weighted by atomic mass is 16.5. The van der Waals surface area contributed by atoms with Crippen LogP contribution in [0.3, 0.4) is 0 Å². The second-order valence-corrected chi connectivity index (χ2v) is 7.54. The van der Waals surface area contributed by atoms with E-state index in [0.717, 1.165) is 30.6 Å². The lowest BCUT2D eigenvalue weighted by Gasteiger charge is -2.29. The maximum Gasteiger partial charge on any atom is 0.224 e. The summed E-state index contributed by atoms with van der Waals surface area (Å²) in [5.74, 6) is 0.0459. The Morgan fingerprint density at radius 3 is 3.22 bits per heavy atom. The maximum atomic E-state index is 12.2. The Morgan fingerprint density at radius 1 is 1.41 bits per heavy atom. The first-order chi connectivity index (χ1) is 13.2. The van der Waals surface area contributed by atoms with Gasteiger partial charge in [0.1, 0.15) is 0 Å². The number of nitrogens with one attached hydrogen (secondary N) is 2. The van der Waals surface area contributed by atoms with Gasteiger partial charge in [0.2, 0.25) is 5.91 Å². The molecule has 4 rings (SSSR count). The molecule has 1 saturated heterocycles. The number of aromatic amines is 1. The van der Waals surface area contributed by atoms with Crippen molar-refractivity contribution in [2.45, 2.75) is 45.1 Å². The highest BCUT2D eigenvalue weighted by Gasteiger charge is 2.28. The molecule has 1 amide bonds. The zero-order chi connectivity index (χ0) is 18.6. The predicted octanol–water partition coefficient (Wildman–Crippen LogP) is 4.17. The quantitative estimate of drug-likeness (QED) is 0.722. The van der Waals surface area contributed by atoms with Gasteiger partial charge in [-0.1, -0.05) is 6.08 Å². The molecule has 1 aromatic heterocycles. The zero-order valence-electron chi connectivity index (χ0n) is 16.1. The van der Waals surface area contributed by atoms with Crippen molar-refractivity contribution in [2.24, 2.45) is 0 Å². The molecule has 5 heteroatoms. The van der Waals surface area contributed by atoms with Crippen LogP contribution >= 0.6 is 0 Å². The third-order valence-corrected chi connectivity index (χ3v) is 5.73. The summed E-state index contributed by atoms with van der Waals surface area (Å²) in [6, 6.07) is 6.82. The van der Waals surface area contributed by atoms with Crippen LogP contribution in [0.4, 0.5) is 5.69 Å². The molecule has 3 heterocycles. The molecule has 2 N–H and O–H groups in total. The normalized spacial score (nSPS) is 19.9. The Labute approximate surface area is 160 Å². The topological polar surface area (TPSA) is 57.4 Å². The molecule has 0 aliphatic carbocycles. The van der Waals surface area contributed by atoms with E-state index >= 15 is 0 Å². The van der Waals surface area contributed by atoms with E-state index in [4.69, 9.17) is 4.74 Å². The summed E-state index contributed by atoms with van der Waals surface area (Å²) in [6.07, 6.45) is 9.49. The van der Waals surface area contributed by atoms with Crippen LogP contribution in [0, 0.1) is 0 Å². The molecule has 0 saturated carbocycles. The molecule has 1 atom stereocenters. The number of carbonyl (C=O) groups is 1. The van der Waals surface area contributed by atoms with E-state index in [-0.39, 0.29) is 5.91 Å². The number of aromatic nitrogens is 1. The van der Waals surface area contributed by atoms with Crippen LogP contribution in [0.15, 0.2) is 30.5 Å². The number of benzene rings is 1. The van der Waals surface area contributed by atoms with Crippen LogP contribution in [-0.4, -0.2) is 48.1 Å². The number of amides is 1. The minimum absolute atomic E-state index is 0.0459. The SMILES string of the molecule is CCOCCCC(=O)Nc1ccc2[nH]cc(C3=CCN4CCCC4C3)c2c1. The van der Waals surface area contributed by atoms with Crippen LogP contribution in [-0.2, 0) is 9.53 Å². The Kier molecular flexibility index (Phi) is 5.60. The van der Waals surface area contributed by atoms with Gasteiger partial charge in [-0.25, -0.2) is 0 Å². The molecule has 1 aromatic carbocycles. The van der Waals surface area contributed by atoms with Crippen molar-refractivity contribution < 1.29 is 9.53 Å². The number of H-pyrrole nitrogens is 1. The third kappa shape index (κ3) is 4.09. The third-order valence-electron chi connectivity index (χ3n) is 5.73. The van der Waals surface area contributed by atoms with E-state index in [1.807, 2.05) is 13.0 Å². The highest BCUT2D eigenvalue weighted by molar-refractivity contribution is 5.98. The maximum absolute atomic E-state index is 12.2. The van der Waals surface area contributed by atoms with Gasteiger partial charge in [0.15, 0.2) is 0 Å². The molecular formula is C22H29N3O2. The van der Waals surface area contributed by atoms with E-state index in [1.165, 1.54) is 35.9 Å². The summed E-state index contributed by atoms with van der Waals surface area (Å²) < 4.78 is 5.30. The van der Waals surface area contributed by atoms with Gasteiger partial charge >= 0.3 is 0 Å². The molecule has 27 heavy (non-hydrogen) atoms. The van der Waals surface area contributed by atoms with Gasteiger partial charge in [-0.05, 0) is 62.9 Å². The lowest BCUT2D eigenvalue weighted by molar-refractivity contribution is -0.116. The summed E-state index contributed by atoms with van der Waals surface area (Å²) in [7, 11) is 0. The predicted molar refractivity (Wildman–Crippen MR) is 110 cm³/mol. The first kappa shape index (κ1) is 18.3. The van der Waals surface area contributed by atoms with Gasteiger partial charge < -0.3 is 15.0 Å². The number of fused-ring (bicyclic) bond motifs is 2. The number of carbonyl (C=O) groups excluding carboxylic acids is 1. The van der Waals surface area contributed by atoms with Crippen molar-refractivity contribution in [1.29, 1.82) is 0 Å². The van der Waals surface area contributed by atoms with Crippen LogP contribution in [0.25, 0.3) is 16.5 Å². The highest BCUT2D eigenvalue weighted by Crippen LogP contribution is 2.35. The van der Waals surface area contributed by atoms with Crippen LogP contribution in [0.1, 0.15) is 44.6 Å². The average Bonchev–Trinajstić information content (AvgIpc) is 3.31. The number of anilines is 1. The van der Waals surface area contributed by atoms with Gasteiger partial charge in [-0.3, -0.25) is 9.69 Å². The van der Waals surface area contributed by atoms with Crippen molar-refractivity contribution >= 4 is 28.1 Å². The standard InChI is InChI=1S/C22H29N3O2/c1-2-27-12-4-6-22(26)24-17-7-8-21-19(14-17)20(15-23-21)16-9-11-25-10-3-5-18(25)13-16/h7-9,14-15,18,23H,2-6,10-13H2,1H3,(H,24,26). The first-order valence-electron chi connectivity index (χ1n) is 10.2. The number of hydrogen-bond donors (Lipinski definition) is 2. The zero-order valence-corrected chi connectivity index (χ0v) is 16.1. The number of nitrogens with zero attached hydrogens (tertiary/aromatic N) is 1. The molecule has 0 radical (unpaired) electrons. The number of hydrogen-bond acceptors (Lipinski definition) is 3. The summed E-state index contributed by atoms with van der Waals surface area (Å²) >= 11 is 0. The fourth-order valence-electron chi connectivity index (χ4n) is 4.32. The lowest BCUT2D eigenvalue weighted by atomic mass is 9.94. The van der Waals surface area contributed by atoms with Gasteiger partial charge in [0.05, 0.1) is 0 Å². The van der Waals surface area contributed by atoms with E-state index < -0.39 is 0 Å². The molecule has 0 bridgehead atoms. The average molecular weight is 367 g/mol. The lowest BCUT2D eigenvalue weighted by Crippen LogP contribution is -2.32. The Bertz CT molecular complexity index is 839. The van der Waals surface area contributed by atoms with Crippen molar-refractivity contribution in [3.8, 4) is 0 Å². The number of rotatable bonds is 7. The van der Waals surface area contributed by atoms with Gasteiger partial charge in [-0.15, -0.1) is 0 Å². The monoisotopic (exact) mass is 367 g/mol. The van der Waals surface area contributed by atoms with E-state index in [2.05, 4.69) is 39.6 Å². The fourth-order valence-corrected chi connectivity index (χ4v) is 4.32. The molecule has 2 aliphatic heterocycles. The molecule has 144 valence electrons. The molecule has 5 nitrogen and oxygen atoms in total. The molecule has 0 spiro atoms. The van der Waals surface area contributed by atoms with Gasteiger partial charge in [-0.2, -0.15) is 0 Å². The second kappa shape index (κ2) is 8.28. The van der Waals surface area contributed by atoms with Gasteiger partial charge in [0, 0.05) is 60.6 Å². The molecule has 1 fully saturated rings. The number of ether oxygens (including phenoxy) is 1. The fraction of sp³-hybridized carbons (Fsp3) is 0.500. The van der Waals surface area contributed by atoms with Crippen molar-refractivity contribution in [3.05, 3.63) is 36.0 Å². The Morgan fingerprint density at radius 2 is 2.33 bits per heavy atom. The summed E-state index contributed by atoms with van der Waals surface area (Å²) in [6.45, 7) is 5.60. The molecule has 2 aliphatic rings. The minimum atomic E-state index is 0.0459. The van der Waals surface area contributed by atoms with E-state index in [0.29, 0.717) is 25.7 Å². The Hall–Kier alpha value is -2.11. The van der Waals surface area contributed by atoms with Crippen molar-refractivity contribution in [3.63, 3.8) is 0 Å². The van der Waals surface area contributed by atoms with Crippen LogP contribution < -0.4 is 5.32 Å². The van der Waals surface area contributed by atoms with Crippen molar-refractivity contribution in [1.82, 2.24) is 9.88 Å². The van der Waals surface area contributed by atoms with Crippen molar-refractivity contribution in [2.75, 3.05) is 31.6 Å². The Balaban J connectivity index is 1.47. The summed E-state index contributed by atoms with van der Waals surface area (Å²) in [5, 5.41) is 4.23. The van der Waals surface area contributed by atoms with Gasteiger partial charge in [0.25, 0.3) is 0 Å². The largest absolute Gasteiger partial charge is 0.382 e. The summed E-state index contributed by atoms with van der Waals surface area (Å²) in [5.41, 5.74) is 4.70. The van der Waals surface area contributed by atoms with Crippen LogP contribution in [0.2, 0.25) is 0 Å². The smallest absolute Gasteiger partial charge is 0.224 e. The molecule has 1 unspecified atom stereocenters.